The summed E-state index contributed by atoms with van der Waals surface area (Å²) in [6.07, 6.45) is 1.61. The Bertz CT molecular complexity index is 993. The lowest BCUT2D eigenvalue weighted by molar-refractivity contribution is 0.102. The van der Waals surface area contributed by atoms with Gasteiger partial charge in [0.05, 0.1) is 11.3 Å². The number of aryl methyl sites for hydroxylation is 1. The van der Waals surface area contributed by atoms with Crippen LogP contribution in [0.15, 0.2) is 51.9 Å². The first kappa shape index (κ1) is 15.4. The molecule has 0 spiro atoms. The molecule has 0 saturated heterocycles. The number of rotatable bonds is 2. The van der Waals surface area contributed by atoms with Gasteiger partial charge in [0.2, 0.25) is 5.88 Å². The van der Waals surface area contributed by atoms with Gasteiger partial charge in [-0.25, -0.2) is 4.99 Å². The van der Waals surface area contributed by atoms with Gasteiger partial charge in [-0.3, -0.25) is 10.1 Å². The number of carbonyl (C=O) groups excluding carboxylic acids is 1. The summed E-state index contributed by atoms with van der Waals surface area (Å²) in [5, 5.41) is 6.47. The van der Waals surface area contributed by atoms with Crippen molar-refractivity contribution >= 4 is 47.1 Å². The van der Waals surface area contributed by atoms with Crippen molar-refractivity contribution in [1.82, 2.24) is 4.98 Å². The zero-order valence-electron chi connectivity index (χ0n) is 13.2. The fourth-order valence-corrected chi connectivity index (χ4v) is 2.59. The molecule has 0 bridgehead atoms. The number of hydrogen-bond acceptors (Lipinski definition) is 5. The van der Waals surface area contributed by atoms with Crippen molar-refractivity contribution in [2.75, 3.05) is 10.6 Å². The van der Waals surface area contributed by atoms with Crippen molar-refractivity contribution in [2.45, 2.75) is 6.92 Å². The Morgan fingerprint density at radius 1 is 1.16 bits per heavy atom. The molecule has 0 radical (unpaired) electrons. The van der Waals surface area contributed by atoms with Gasteiger partial charge in [-0.15, -0.1) is 0 Å². The number of nitrogens with one attached hydrogen (secondary N) is 2. The number of aliphatic imine (C=N–C) groups is 1. The van der Waals surface area contributed by atoms with Crippen LogP contribution >= 0.6 is 11.6 Å². The van der Waals surface area contributed by atoms with E-state index in [2.05, 4.69) is 20.6 Å². The smallest absolute Gasteiger partial charge is 0.325 e. The third-order valence-corrected chi connectivity index (χ3v) is 3.96. The van der Waals surface area contributed by atoms with Gasteiger partial charge in [-0.2, -0.15) is 4.98 Å². The summed E-state index contributed by atoms with van der Waals surface area (Å²) in [4.78, 5) is 20.8. The second kappa shape index (κ2) is 6.07. The Balaban J connectivity index is 1.63. The topological polar surface area (TPSA) is 79.5 Å². The maximum absolute atomic E-state index is 12.4. The van der Waals surface area contributed by atoms with Crippen molar-refractivity contribution in [1.29, 1.82) is 0 Å². The first-order valence-corrected chi connectivity index (χ1v) is 7.96. The molecule has 1 amide bonds. The van der Waals surface area contributed by atoms with Crippen molar-refractivity contribution < 1.29 is 9.21 Å². The quantitative estimate of drug-likeness (QED) is 0.655. The summed E-state index contributed by atoms with van der Waals surface area (Å²) in [6, 6.07) is 12.9. The van der Waals surface area contributed by atoms with Crippen LogP contribution in [0.1, 0.15) is 21.5 Å². The number of fused-ring (bicyclic) bond motifs is 2. The van der Waals surface area contributed by atoms with E-state index in [1.807, 2.05) is 37.3 Å². The molecule has 0 atom stereocenters. The standard InChI is InChI=1S/C18H13ClN4O2/c1-10-2-7-14-13(8-10)16(24)23-17-15(21-14)22-18(25-17)20-9-11-3-5-12(19)6-4-11/h2-9,21H,1H3,(H,23,24). The van der Waals surface area contributed by atoms with E-state index in [1.165, 1.54) is 0 Å². The van der Waals surface area contributed by atoms with Crippen LogP contribution in [-0.4, -0.2) is 17.1 Å². The Hall–Kier alpha value is -3.12. The first-order chi connectivity index (χ1) is 12.1. The zero-order chi connectivity index (χ0) is 17.4. The monoisotopic (exact) mass is 352 g/mol. The molecule has 4 rings (SSSR count). The summed E-state index contributed by atoms with van der Waals surface area (Å²) >= 11 is 5.85. The van der Waals surface area contributed by atoms with Crippen LogP contribution in [0.2, 0.25) is 5.02 Å². The number of hydrogen-bond donors (Lipinski definition) is 2. The fourth-order valence-electron chi connectivity index (χ4n) is 2.47. The molecule has 0 saturated carbocycles. The highest BCUT2D eigenvalue weighted by molar-refractivity contribution is 6.30. The average molecular weight is 353 g/mol. The molecule has 0 unspecified atom stereocenters. The number of anilines is 3. The SMILES string of the molecule is Cc1ccc2c(c1)C(=O)Nc1oc(N=Cc3ccc(Cl)cc3)nc1N2. The van der Waals surface area contributed by atoms with Gasteiger partial charge in [0.15, 0.2) is 5.82 Å². The van der Waals surface area contributed by atoms with Crippen molar-refractivity contribution in [3.05, 3.63) is 64.2 Å². The van der Waals surface area contributed by atoms with E-state index in [-0.39, 0.29) is 17.8 Å². The molecule has 3 aromatic rings. The molecule has 2 heterocycles. The van der Waals surface area contributed by atoms with Gasteiger partial charge in [-0.05, 0) is 36.8 Å². The molecule has 1 aliphatic heterocycles. The lowest BCUT2D eigenvalue weighted by Crippen LogP contribution is -2.10. The zero-order valence-corrected chi connectivity index (χ0v) is 14.0. The third-order valence-electron chi connectivity index (χ3n) is 3.71. The third kappa shape index (κ3) is 3.12. The number of carbonyl (C=O) groups is 1. The Morgan fingerprint density at radius 2 is 1.96 bits per heavy atom. The molecule has 1 aliphatic rings. The Labute approximate surface area is 148 Å². The largest absolute Gasteiger partial charge is 0.403 e. The van der Waals surface area contributed by atoms with Gasteiger partial charge in [0.1, 0.15) is 0 Å². The molecule has 2 N–H and O–H groups in total. The highest BCUT2D eigenvalue weighted by Crippen LogP contribution is 2.34. The van der Waals surface area contributed by atoms with Crippen LogP contribution in [0.5, 0.6) is 0 Å². The van der Waals surface area contributed by atoms with Gasteiger partial charge >= 0.3 is 6.01 Å². The molecule has 0 aliphatic carbocycles. The normalized spacial score (nSPS) is 13.0. The molecule has 7 heteroatoms. The van der Waals surface area contributed by atoms with Gasteiger partial charge < -0.3 is 9.73 Å². The van der Waals surface area contributed by atoms with Crippen LogP contribution in [0, 0.1) is 6.92 Å². The minimum Gasteiger partial charge on any atom is -0.403 e. The Morgan fingerprint density at radius 3 is 2.76 bits per heavy atom. The maximum Gasteiger partial charge on any atom is 0.325 e. The van der Waals surface area contributed by atoms with Crippen molar-refractivity contribution in [3.8, 4) is 0 Å². The van der Waals surface area contributed by atoms with E-state index >= 15 is 0 Å². The lowest BCUT2D eigenvalue weighted by Gasteiger charge is -2.05. The summed E-state index contributed by atoms with van der Waals surface area (Å²) in [5.41, 5.74) is 3.06. The number of oxazole rings is 1. The van der Waals surface area contributed by atoms with Crippen LogP contribution in [0.25, 0.3) is 0 Å². The minimum absolute atomic E-state index is 0.142. The van der Waals surface area contributed by atoms with Crippen LogP contribution in [0.3, 0.4) is 0 Å². The second-order valence-electron chi connectivity index (χ2n) is 5.61. The molecular weight excluding hydrogens is 340 g/mol. The molecule has 124 valence electrons. The summed E-state index contributed by atoms with van der Waals surface area (Å²) in [6.45, 7) is 1.93. The predicted octanol–water partition coefficient (Wildman–Crippen LogP) is 4.70. The Kier molecular flexibility index (Phi) is 3.74. The first-order valence-electron chi connectivity index (χ1n) is 7.58. The molecule has 25 heavy (non-hydrogen) atoms. The van der Waals surface area contributed by atoms with E-state index in [4.69, 9.17) is 16.0 Å². The van der Waals surface area contributed by atoms with Crippen LogP contribution < -0.4 is 10.6 Å². The molecule has 1 aromatic heterocycles. The molecular formula is C18H13ClN4O2. The summed E-state index contributed by atoms with van der Waals surface area (Å²) in [5.74, 6) is 0.399. The van der Waals surface area contributed by atoms with E-state index in [1.54, 1.807) is 18.3 Å². The molecule has 2 aromatic carbocycles. The van der Waals surface area contributed by atoms with E-state index in [0.717, 1.165) is 11.1 Å². The van der Waals surface area contributed by atoms with E-state index in [9.17, 15) is 4.79 Å². The minimum atomic E-state index is -0.255. The highest BCUT2D eigenvalue weighted by atomic mass is 35.5. The van der Waals surface area contributed by atoms with Gasteiger partial charge in [0, 0.05) is 11.2 Å². The number of halogens is 1. The van der Waals surface area contributed by atoms with Crippen LogP contribution in [0.4, 0.5) is 23.4 Å². The van der Waals surface area contributed by atoms with Gasteiger partial charge in [0.25, 0.3) is 5.91 Å². The fraction of sp³-hybridized carbons (Fsp3) is 0.0556. The number of amides is 1. The van der Waals surface area contributed by atoms with E-state index < -0.39 is 0 Å². The number of benzene rings is 2. The van der Waals surface area contributed by atoms with Gasteiger partial charge in [-0.1, -0.05) is 35.4 Å². The molecule has 6 nitrogen and oxygen atoms in total. The lowest BCUT2D eigenvalue weighted by atomic mass is 10.1. The number of aromatic nitrogens is 1. The average Bonchev–Trinajstić information content (AvgIpc) is 2.92. The maximum atomic E-state index is 12.4. The van der Waals surface area contributed by atoms with Crippen molar-refractivity contribution in [2.24, 2.45) is 4.99 Å². The predicted molar refractivity (Wildman–Crippen MR) is 97.6 cm³/mol. The molecule has 0 fully saturated rings. The highest BCUT2D eigenvalue weighted by Gasteiger charge is 2.23. The van der Waals surface area contributed by atoms with Crippen molar-refractivity contribution in [3.63, 3.8) is 0 Å². The second-order valence-corrected chi connectivity index (χ2v) is 6.05. The van der Waals surface area contributed by atoms with E-state index in [0.29, 0.717) is 22.1 Å². The van der Waals surface area contributed by atoms with Crippen LogP contribution in [-0.2, 0) is 0 Å². The number of nitrogens with zero attached hydrogens (tertiary/aromatic N) is 2. The summed E-state index contributed by atoms with van der Waals surface area (Å²) < 4.78 is 5.53. The summed E-state index contributed by atoms with van der Waals surface area (Å²) in [7, 11) is 0.